The first-order valence-corrected chi connectivity index (χ1v) is 12.1. The molecule has 1 aliphatic rings. The highest BCUT2D eigenvalue weighted by Gasteiger charge is 2.33. The summed E-state index contributed by atoms with van der Waals surface area (Å²) in [7, 11) is 1.58. The molecule has 0 amide bonds. The Labute approximate surface area is 210 Å². The number of esters is 1. The van der Waals surface area contributed by atoms with Gasteiger partial charge in [0.15, 0.2) is 4.80 Å². The predicted octanol–water partition coefficient (Wildman–Crippen LogP) is 4.50. The zero-order chi connectivity index (χ0) is 24.6. The highest BCUT2D eigenvalue weighted by Crippen LogP contribution is 2.32. The molecule has 0 unspecified atom stereocenters. The molecular weight excluding hydrogens is 495 g/mol. The molecule has 0 bridgehead atoms. The fourth-order valence-electron chi connectivity index (χ4n) is 3.72. The van der Waals surface area contributed by atoms with Gasteiger partial charge in [-0.3, -0.25) is 9.36 Å². The summed E-state index contributed by atoms with van der Waals surface area (Å²) in [5.74, 6) is 0.160. The molecule has 2 aromatic carbocycles. The number of thiazole rings is 1. The number of aromatic nitrogens is 1. The molecule has 0 saturated carbocycles. The molecule has 6 nitrogen and oxygen atoms in total. The molecule has 0 fully saturated rings. The molecule has 9 heteroatoms. The molecule has 0 saturated heterocycles. The Balaban J connectivity index is 1.94. The summed E-state index contributed by atoms with van der Waals surface area (Å²) in [6, 6.07) is 11.6. The van der Waals surface area contributed by atoms with Gasteiger partial charge in [0.25, 0.3) is 5.56 Å². The lowest BCUT2D eigenvalue weighted by Crippen LogP contribution is -2.40. The molecule has 1 aromatic heterocycles. The van der Waals surface area contributed by atoms with Gasteiger partial charge in [0.1, 0.15) is 5.75 Å². The Hall–Kier alpha value is -2.87. The Bertz CT molecular complexity index is 1470. The standard InChI is InChI=1S/C25H22Cl2N2O4S/c1-13(2)33-24(31)21-14(3)28-25-29(22(21)15-6-9-18(32-4)10-7-15)23(30)20(34-25)11-16-5-8-17(26)12-19(16)27/h5-13,22H,1-4H3/b20-11-/t22-/m1/s1. The molecule has 0 radical (unpaired) electrons. The summed E-state index contributed by atoms with van der Waals surface area (Å²) in [6.07, 6.45) is 1.39. The fraction of sp³-hybridized carbons (Fsp3) is 0.240. The van der Waals surface area contributed by atoms with E-state index < -0.39 is 12.0 Å². The lowest BCUT2D eigenvalue weighted by Gasteiger charge is -2.25. The van der Waals surface area contributed by atoms with Crippen molar-refractivity contribution in [3.63, 3.8) is 0 Å². The summed E-state index contributed by atoms with van der Waals surface area (Å²) in [5.41, 5.74) is 1.94. The van der Waals surface area contributed by atoms with Gasteiger partial charge in [-0.15, -0.1) is 0 Å². The van der Waals surface area contributed by atoms with Gasteiger partial charge in [-0.2, -0.15) is 0 Å². The lowest BCUT2D eigenvalue weighted by atomic mass is 9.96. The zero-order valence-corrected chi connectivity index (χ0v) is 21.3. The van der Waals surface area contributed by atoms with Crippen molar-refractivity contribution < 1.29 is 14.3 Å². The van der Waals surface area contributed by atoms with Crippen molar-refractivity contribution in [2.24, 2.45) is 4.99 Å². The number of rotatable bonds is 5. The van der Waals surface area contributed by atoms with E-state index in [1.165, 1.54) is 15.9 Å². The first kappa shape index (κ1) is 24.3. The third-order valence-electron chi connectivity index (χ3n) is 5.26. The average Bonchev–Trinajstić information content (AvgIpc) is 3.08. The number of carbonyl (C=O) groups is 1. The van der Waals surface area contributed by atoms with Crippen LogP contribution < -0.4 is 19.6 Å². The maximum Gasteiger partial charge on any atom is 0.338 e. The molecule has 0 N–H and O–H groups in total. The van der Waals surface area contributed by atoms with E-state index in [0.717, 1.165) is 5.56 Å². The number of ether oxygens (including phenoxy) is 2. The third kappa shape index (κ3) is 4.69. The summed E-state index contributed by atoms with van der Waals surface area (Å²) >= 11 is 13.6. The first-order chi connectivity index (χ1) is 16.2. The van der Waals surface area contributed by atoms with Gasteiger partial charge < -0.3 is 9.47 Å². The average molecular weight is 517 g/mol. The van der Waals surface area contributed by atoms with Crippen LogP contribution in [0.5, 0.6) is 5.75 Å². The quantitative estimate of drug-likeness (QED) is 0.468. The number of nitrogens with zero attached hydrogens (tertiary/aromatic N) is 2. The second-order valence-corrected chi connectivity index (χ2v) is 9.83. The van der Waals surface area contributed by atoms with Crippen molar-refractivity contribution >= 4 is 46.6 Å². The van der Waals surface area contributed by atoms with Crippen LogP contribution in [0.1, 0.15) is 37.9 Å². The van der Waals surface area contributed by atoms with Gasteiger partial charge in [0.05, 0.1) is 35.1 Å². The number of hydrogen-bond acceptors (Lipinski definition) is 6. The lowest BCUT2D eigenvalue weighted by molar-refractivity contribution is -0.143. The van der Waals surface area contributed by atoms with Crippen LogP contribution in [-0.2, 0) is 9.53 Å². The highest BCUT2D eigenvalue weighted by atomic mass is 35.5. The van der Waals surface area contributed by atoms with Crippen molar-refractivity contribution in [3.05, 3.63) is 94.6 Å². The minimum atomic E-state index is -0.698. The van der Waals surface area contributed by atoms with E-state index in [0.29, 0.717) is 42.0 Å². The molecule has 1 atom stereocenters. The predicted molar refractivity (Wildman–Crippen MR) is 134 cm³/mol. The largest absolute Gasteiger partial charge is 0.497 e. The Morgan fingerprint density at radius 3 is 2.50 bits per heavy atom. The van der Waals surface area contributed by atoms with Gasteiger partial charge in [0, 0.05) is 10.0 Å². The number of fused-ring (bicyclic) bond motifs is 1. The maximum absolute atomic E-state index is 13.6. The van der Waals surface area contributed by atoms with E-state index in [1.54, 1.807) is 64.3 Å². The van der Waals surface area contributed by atoms with Crippen LogP contribution in [-0.4, -0.2) is 23.8 Å². The van der Waals surface area contributed by atoms with Crippen LogP contribution in [0.25, 0.3) is 6.08 Å². The summed E-state index contributed by atoms with van der Waals surface area (Å²) in [5, 5.41) is 0.939. The van der Waals surface area contributed by atoms with Crippen LogP contribution in [0.2, 0.25) is 10.0 Å². The van der Waals surface area contributed by atoms with Gasteiger partial charge in [-0.25, -0.2) is 9.79 Å². The van der Waals surface area contributed by atoms with E-state index >= 15 is 0 Å². The van der Waals surface area contributed by atoms with Gasteiger partial charge in [-0.1, -0.05) is 52.7 Å². The molecule has 0 spiro atoms. The van der Waals surface area contributed by atoms with E-state index in [4.69, 9.17) is 32.7 Å². The van der Waals surface area contributed by atoms with E-state index in [1.807, 2.05) is 12.1 Å². The summed E-state index contributed by atoms with van der Waals surface area (Å²) in [6.45, 7) is 5.31. The van der Waals surface area contributed by atoms with Crippen molar-refractivity contribution in [3.8, 4) is 5.75 Å². The molecule has 3 aromatic rings. The molecule has 2 heterocycles. The van der Waals surface area contributed by atoms with E-state index in [2.05, 4.69) is 4.99 Å². The number of allylic oxidation sites excluding steroid dienone is 1. The van der Waals surface area contributed by atoms with Gasteiger partial charge in [0.2, 0.25) is 0 Å². The number of hydrogen-bond donors (Lipinski definition) is 0. The van der Waals surface area contributed by atoms with Crippen molar-refractivity contribution in [2.75, 3.05) is 7.11 Å². The molecule has 176 valence electrons. The number of methoxy groups -OCH3 is 1. The molecule has 1 aliphatic heterocycles. The van der Waals surface area contributed by atoms with Crippen LogP contribution in [0.3, 0.4) is 0 Å². The molecular formula is C25H22Cl2N2O4S. The van der Waals surface area contributed by atoms with Crippen LogP contribution in [0.4, 0.5) is 0 Å². The van der Waals surface area contributed by atoms with Gasteiger partial charge >= 0.3 is 5.97 Å². The second-order valence-electron chi connectivity index (χ2n) is 7.97. The molecule has 34 heavy (non-hydrogen) atoms. The Morgan fingerprint density at radius 1 is 1.18 bits per heavy atom. The van der Waals surface area contributed by atoms with Crippen molar-refractivity contribution in [1.29, 1.82) is 0 Å². The Kier molecular flexibility index (Phi) is 6.98. The molecule has 4 rings (SSSR count). The zero-order valence-electron chi connectivity index (χ0n) is 19.0. The van der Waals surface area contributed by atoms with Gasteiger partial charge in [-0.05, 0) is 62.2 Å². The number of benzene rings is 2. The smallest absolute Gasteiger partial charge is 0.338 e. The summed E-state index contributed by atoms with van der Waals surface area (Å²) in [4.78, 5) is 31.8. The first-order valence-electron chi connectivity index (χ1n) is 10.5. The van der Waals surface area contributed by atoms with Crippen molar-refractivity contribution in [2.45, 2.75) is 32.9 Å². The van der Waals surface area contributed by atoms with E-state index in [-0.39, 0.29) is 11.7 Å². The summed E-state index contributed by atoms with van der Waals surface area (Å²) < 4.78 is 12.8. The second kappa shape index (κ2) is 9.78. The minimum absolute atomic E-state index is 0.280. The van der Waals surface area contributed by atoms with Crippen LogP contribution in [0.15, 0.2) is 63.5 Å². The topological polar surface area (TPSA) is 69.9 Å². The maximum atomic E-state index is 13.6. The minimum Gasteiger partial charge on any atom is -0.497 e. The third-order valence-corrected chi connectivity index (χ3v) is 6.81. The number of halogens is 2. The van der Waals surface area contributed by atoms with Crippen LogP contribution >= 0.6 is 34.5 Å². The highest BCUT2D eigenvalue weighted by molar-refractivity contribution is 7.07. The van der Waals surface area contributed by atoms with Crippen LogP contribution in [0, 0.1) is 0 Å². The van der Waals surface area contributed by atoms with Crippen molar-refractivity contribution in [1.82, 2.24) is 4.57 Å². The van der Waals surface area contributed by atoms with E-state index in [9.17, 15) is 9.59 Å². The Morgan fingerprint density at radius 2 is 1.88 bits per heavy atom. The number of carbonyl (C=O) groups excluding carboxylic acids is 1. The normalized spacial score (nSPS) is 15.9. The fourth-order valence-corrected chi connectivity index (χ4v) is 5.22. The molecule has 0 aliphatic carbocycles. The monoisotopic (exact) mass is 516 g/mol. The SMILES string of the molecule is COc1ccc([C@@H]2C(C(=O)OC(C)C)=C(C)N=c3s/c(=C\c4ccc(Cl)cc4Cl)c(=O)n32)cc1.